The van der Waals surface area contributed by atoms with Crippen LogP contribution in [0.3, 0.4) is 0 Å². The van der Waals surface area contributed by atoms with Gasteiger partial charge in [-0.25, -0.2) is 0 Å². The number of esters is 3. The number of hydrogen-bond donors (Lipinski definition) is 0. The third-order valence-electron chi connectivity index (χ3n) is 14.6. The summed E-state index contributed by atoms with van der Waals surface area (Å²) in [7, 11) is 0. The highest BCUT2D eigenvalue weighted by molar-refractivity contribution is 5.71. The fourth-order valence-corrected chi connectivity index (χ4v) is 9.62. The Bertz CT molecular complexity index is 1480. The van der Waals surface area contributed by atoms with Crippen molar-refractivity contribution >= 4 is 17.9 Å². The number of ether oxygens (including phenoxy) is 3. The molecule has 0 aliphatic carbocycles. The van der Waals surface area contributed by atoms with E-state index in [0.717, 1.165) is 109 Å². The van der Waals surface area contributed by atoms with Gasteiger partial charge in [0.15, 0.2) is 6.10 Å². The third kappa shape index (κ3) is 63.4. The van der Waals surface area contributed by atoms with E-state index in [9.17, 15) is 14.4 Å². The molecule has 0 aliphatic heterocycles. The van der Waals surface area contributed by atoms with E-state index in [1.165, 1.54) is 186 Å². The average Bonchev–Trinajstić information content (AvgIpc) is 3.44. The molecule has 0 amide bonds. The third-order valence-corrected chi connectivity index (χ3v) is 14.6. The molecule has 0 rings (SSSR count). The van der Waals surface area contributed by atoms with Gasteiger partial charge in [-0.05, 0) is 96.3 Å². The molecule has 0 aromatic rings. The summed E-state index contributed by atoms with van der Waals surface area (Å²) in [5.74, 6) is -0.895. The molecule has 0 heterocycles. The van der Waals surface area contributed by atoms with Crippen LogP contribution in [0.5, 0.6) is 0 Å². The van der Waals surface area contributed by atoms with Crippen LogP contribution in [-0.4, -0.2) is 37.2 Å². The maximum Gasteiger partial charge on any atom is 0.306 e. The Kier molecular flexibility index (Phi) is 63.2. The van der Waals surface area contributed by atoms with Gasteiger partial charge in [-0.2, -0.15) is 0 Å². The zero-order valence-electron chi connectivity index (χ0n) is 51.7. The van der Waals surface area contributed by atoms with Crippen LogP contribution < -0.4 is 0 Å². The van der Waals surface area contributed by atoms with Gasteiger partial charge in [0.25, 0.3) is 0 Å². The molecule has 450 valence electrons. The molecule has 78 heavy (non-hydrogen) atoms. The number of carbonyl (C=O) groups excluding carboxylic acids is 3. The maximum absolute atomic E-state index is 12.9. The predicted molar refractivity (Wildman–Crippen MR) is 339 cm³/mol. The normalized spacial score (nSPS) is 12.6. The quantitative estimate of drug-likeness (QED) is 0.0261. The van der Waals surface area contributed by atoms with Crippen LogP contribution in [0, 0.1) is 0 Å². The van der Waals surface area contributed by atoms with Crippen molar-refractivity contribution in [3.63, 3.8) is 0 Å². The van der Waals surface area contributed by atoms with Gasteiger partial charge in [0.1, 0.15) is 13.2 Å². The van der Waals surface area contributed by atoms with Crippen LogP contribution in [-0.2, 0) is 28.6 Å². The van der Waals surface area contributed by atoms with Gasteiger partial charge in [-0.15, -0.1) is 0 Å². The first-order valence-electron chi connectivity index (χ1n) is 33.6. The molecule has 0 saturated heterocycles. The molecule has 6 nitrogen and oxygen atoms in total. The van der Waals surface area contributed by atoms with Crippen LogP contribution >= 0.6 is 0 Å². The number of unbranched alkanes of at least 4 members (excludes halogenated alkanes) is 36. The molecule has 1 unspecified atom stereocenters. The molecule has 0 radical (unpaired) electrons. The monoisotopic (exact) mass is 1090 g/mol. The second-order valence-corrected chi connectivity index (χ2v) is 22.4. The predicted octanol–water partition coefficient (Wildman–Crippen LogP) is 23.1. The van der Waals surface area contributed by atoms with Gasteiger partial charge in [0, 0.05) is 19.3 Å². The Morgan fingerprint density at radius 1 is 0.269 bits per heavy atom. The molecule has 0 N–H and O–H groups in total. The van der Waals surface area contributed by atoms with E-state index >= 15 is 0 Å². The summed E-state index contributed by atoms with van der Waals surface area (Å²) in [4.78, 5) is 38.4. The first-order chi connectivity index (χ1) is 38.5. The lowest BCUT2D eigenvalue weighted by atomic mass is 10.0. The van der Waals surface area contributed by atoms with Gasteiger partial charge in [-0.1, -0.05) is 305 Å². The zero-order chi connectivity index (χ0) is 56.4. The van der Waals surface area contributed by atoms with Crippen molar-refractivity contribution in [2.75, 3.05) is 13.2 Å². The van der Waals surface area contributed by atoms with Crippen molar-refractivity contribution in [3.8, 4) is 0 Å². The molecule has 6 heteroatoms. The van der Waals surface area contributed by atoms with E-state index in [4.69, 9.17) is 14.2 Å². The number of allylic oxidation sites excluding steroid dienone is 14. The summed E-state index contributed by atoms with van der Waals surface area (Å²) in [6.07, 6.45) is 87.3. The minimum atomic E-state index is -0.789. The number of rotatable bonds is 61. The summed E-state index contributed by atoms with van der Waals surface area (Å²) < 4.78 is 17.0. The van der Waals surface area contributed by atoms with Crippen molar-refractivity contribution in [2.45, 2.75) is 341 Å². The molecule has 0 aromatic heterocycles. The zero-order valence-corrected chi connectivity index (χ0v) is 51.7. The van der Waals surface area contributed by atoms with E-state index in [0.29, 0.717) is 19.3 Å². The molecule has 0 fully saturated rings. The van der Waals surface area contributed by atoms with E-state index in [1.807, 2.05) is 0 Å². The smallest absolute Gasteiger partial charge is 0.306 e. The topological polar surface area (TPSA) is 78.9 Å². The maximum atomic E-state index is 12.9. The van der Waals surface area contributed by atoms with Crippen LogP contribution in [0.1, 0.15) is 335 Å². The Morgan fingerprint density at radius 2 is 0.500 bits per heavy atom. The standard InChI is InChI=1S/C72H126O6/c1-4-7-10-13-16-19-22-25-28-31-33-34-35-36-37-38-39-42-44-47-50-53-56-59-62-65-71(74)77-68-69(67-76-70(73)64-61-58-55-52-49-46-43-40-30-27-24-21-18-15-12-9-6-3)78-72(75)66-63-60-57-54-51-48-45-41-32-29-26-23-20-17-14-11-8-5-2/h9,12,18,21-22,25,27,30-31,33,35-36,43,46,69H,4-8,10-11,13-17,19-20,23-24,26,28-29,32,34,37-42,44-45,47-68H2,1-3H3/b12-9-,21-18-,25-22-,30-27-,33-31-,36-35-,46-43-. The number of hydrogen-bond acceptors (Lipinski definition) is 6. The lowest BCUT2D eigenvalue weighted by Crippen LogP contribution is -2.30. The average molecular weight is 1090 g/mol. The molecule has 0 bridgehead atoms. The SMILES string of the molecule is CC/C=C\C/C=C\C/C=C\C/C=C\CCCCCCC(=O)OCC(COC(=O)CCCCCCCCCCCC/C=C\C/C=C\C/C=C\CCCCCCC)OC(=O)CCCCCCCCCCCCCCCCCCCC. The summed E-state index contributed by atoms with van der Waals surface area (Å²) in [5.41, 5.74) is 0. The second kappa shape index (κ2) is 66.1. The lowest BCUT2D eigenvalue weighted by molar-refractivity contribution is -0.167. The number of carbonyl (C=O) groups is 3. The molecule has 0 saturated carbocycles. The van der Waals surface area contributed by atoms with E-state index < -0.39 is 6.10 Å². The molecule has 0 aliphatic rings. The fraction of sp³-hybridized carbons (Fsp3) is 0.764. The van der Waals surface area contributed by atoms with Gasteiger partial charge >= 0.3 is 17.9 Å². The van der Waals surface area contributed by atoms with E-state index in [-0.39, 0.29) is 31.1 Å². The Hall–Kier alpha value is -3.41. The van der Waals surface area contributed by atoms with Gasteiger partial charge in [-0.3, -0.25) is 14.4 Å². The minimum Gasteiger partial charge on any atom is -0.462 e. The Labute approximate surface area is 484 Å². The summed E-state index contributed by atoms with van der Waals surface area (Å²) in [6.45, 7) is 6.54. The van der Waals surface area contributed by atoms with Crippen LogP contribution in [0.25, 0.3) is 0 Å². The van der Waals surface area contributed by atoms with E-state index in [1.54, 1.807) is 0 Å². The van der Waals surface area contributed by atoms with Crippen molar-refractivity contribution in [3.05, 3.63) is 85.1 Å². The largest absolute Gasteiger partial charge is 0.462 e. The molecular formula is C72H126O6. The van der Waals surface area contributed by atoms with E-state index in [2.05, 4.69) is 106 Å². The molecular weight excluding hydrogens is 961 g/mol. The van der Waals surface area contributed by atoms with Crippen LogP contribution in [0.4, 0.5) is 0 Å². The lowest BCUT2D eigenvalue weighted by Gasteiger charge is -2.18. The summed E-state index contributed by atoms with van der Waals surface area (Å²) in [5, 5.41) is 0. The highest BCUT2D eigenvalue weighted by Gasteiger charge is 2.19. The van der Waals surface area contributed by atoms with Crippen molar-refractivity contribution in [1.82, 2.24) is 0 Å². The first-order valence-corrected chi connectivity index (χ1v) is 33.6. The molecule has 0 spiro atoms. The first kappa shape index (κ1) is 74.6. The van der Waals surface area contributed by atoms with Crippen LogP contribution in [0.15, 0.2) is 85.1 Å². The van der Waals surface area contributed by atoms with Gasteiger partial charge < -0.3 is 14.2 Å². The minimum absolute atomic E-state index is 0.0840. The fourth-order valence-electron chi connectivity index (χ4n) is 9.62. The molecule has 1 atom stereocenters. The van der Waals surface area contributed by atoms with Crippen molar-refractivity contribution in [2.24, 2.45) is 0 Å². The second-order valence-electron chi connectivity index (χ2n) is 22.4. The van der Waals surface area contributed by atoms with Gasteiger partial charge in [0.2, 0.25) is 0 Å². The Morgan fingerprint density at radius 3 is 0.782 bits per heavy atom. The highest BCUT2D eigenvalue weighted by atomic mass is 16.6. The summed E-state index contributed by atoms with van der Waals surface area (Å²) >= 11 is 0. The van der Waals surface area contributed by atoms with Crippen molar-refractivity contribution in [1.29, 1.82) is 0 Å². The molecule has 0 aromatic carbocycles. The van der Waals surface area contributed by atoms with Crippen LogP contribution in [0.2, 0.25) is 0 Å². The Balaban J connectivity index is 4.36. The highest BCUT2D eigenvalue weighted by Crippen LogP contribution is 2.17. The summed E-state index contributed by atoms with van der Waals surface area (Å²) in [6, 6.07) is 0. The van der Waals surface area contributed by atoms with Crippen molar-refractivity contribution < 1.29 is 28.6 Å². The van der Waals surface area contributed by atoms with Gasteiger partial charge in [0.05, 0.1) is 0 Å².